The molecule has 0 aromatic heterocycles. The first-order valence-corrected chi connectivity index (χ1v) is 6.11. The first-order chi connectivity index (χ1) is 8.34. The zero-order valence-corrected chi connectivity index (χ0v) is 11.2. The molecule has 0 bridgehead atoms. The molecule has 100 valence electrons. The molecule has 0 saturated heterocycles. The van der Waals surface area contributed by atoms with Crippen LogP contribution in [-0.4, -0.2) is 23.7 Å². The fraction of sp³-hybridized carbons (Fsp3) is 0.500. The molecule has 0 unspecified atom stereocenters. The lowest BCUT2D eigenvalue weighted by atomic mass is 9.87. The summed E-state index contributed by atoms with van der Waals surface area (Å²) >= 11 is 0. The van der Waals surface area contributed by atoms with Crippen LogP contribution in [0.3, 0.4) is 0 Å². The minimum absolute atomic E-state index is 0.126. The molecule has 1 amide bonds. The van der Waals surface area contributed by atoms with E-state index in [0.29, 0.717) is 6.42 Å². The Morgan fingerprint density at radius 3 is 2.33 bits per heavy atom. The van der Waals surface area contributed by atoms with E-state index in [4.69, 9.17) is 10.8 Å². The van der Waals surface area contributed by atoms with Gasteiger partial charge in [0.25, 0.3) is 0 Å². The van der Waals surface area contributed by atoms with E-state index in [-0.39, 0.29) is 17.9 Å². The second-order valence-corrected chi connectivity index (χ2v) is 5.50. The Hall–Kier alpha value is -1.39. The SMILES string of the molecule is CC(C)(C)[C@@H](N)C(=O)Nc1ccc(CCO)cc1. The lowest BCUT2D eigenvalue weighted by Crippen LogP contribution is -2.45. The van der Waals surface area contributed by atoms with Crippen molar-refractivity contribution in [3.8, 4) is 0 Å². The van der Waals surface area contributed by atoms with Crippen LogP contribution in [-0.2, 0) is 11.2 Å². The Kier molecular flexibility index (Phi) is 4.87. The number of carbonyl (C=O) groups excluding carboxylic acids is 1. The second kappa shape index (κ2) is 5.98. The third kappa shape index (κ3) is 4.13. The van der Waals surface area contributed by atoms with Crippen LogP contribution in [0.4, 0.5) is 5.69 Å². The Bertz CT molecular complexity index is 393. The molecule has 0 spiro atoms. The largest absolute Gasteiger partial charge is 0.396 e. The van der Waals surface area contributed by atoms with Crippen LogP contribution < -0.4 is 11.1 Å². The van der Waals surface area contributed by atoms with E-state index in [2.05, 4.69) is 5.32 Å². The third-order valence-electron chi connectivity index (χ3n) is 2.84. The van der Waals surface area contributed by atoms with Gasteiger partial charge in [-0.15, -0.1) is 0 Å². The number of nitrogens with one attached hydrogen (secondary N) is 1. The van der Waals surface area contributed by atoms with Crippen molar-refractivity contribution >= 4 is 11.6 Å². The smallest absolute Gasteiger partial charge is 0.241 e. The summed E-state index contributed by atoms with van der Waals surface area (Å²) < 4.78 is 0. The number of hydrogen-bond donors (Lipinski definition) is 3. The van der Waals surface area contributed by atoms with Crippen molar-refractivity contribution in [2.24, 2.45) is 11.1 Å². The maximum atomic E-state index is 11.9. The van der Waals surface area contributed by atoms with Crippen LogP contribution >= 0.6 is 0 Å². The summed E-state index contributed by atoms with van der Waals surface area (Å²) in [6.07, 6.45) is 0.621. The molecule has 0 aliphatic carbocycles. The quantitative estimate of drug-likeness (QED) is 0.758. The van der Waals surface area contributed by atoms with Crippen LogP contribution in [0, 0.1) is 5.41 Å². The molecule has 4 nitrogen and oxygen atoms in total. The standard InChI is InChI=1S/C14H22N2O2/c1-14(2,3)12(15)13(18)16-11-6-4-10(5-7-11)8-9-17/h4-7,12,17H,8-9,15H2,1-3H3,(H,16,18)/t12-/m0/s1. The number of benzene rings is 1. The molecule has 0 fully saturated rings. The van der Waals surface area contributed by atoms with E-state index in [1.165, 1.54) is 0 Å². The molecule has 0 aliphatic rings. The highest BCUT2D eigenvalue weighted by Crippen LogP contribution is 2.19. The number of amides is 1. The van der Waals surface area contributed by atoms with Crippen molar-refractivity contribution in [3.05, 3.63) is 29.8 Å². The minimum atomic E-state index is -0.547. The highest BCUT2D eigenvalue weighted by atomic mass is 16.2. The van der Waals surface area contributed by atoms with Crippen LogP contribution in [0.25, 0.3) is 0 Å². The molecule has 0 radical (unpaired) electrons. The molecular formula is C14H22N2O2. The van der Waals surface area contributed by atoms with Gasteiger partial charge in [0.1, 0.15) is 0 Å². The summed E-state index contributed by atoms with van der Waals surface area (Å²) in [5.74, 6) is -0.183. The molecule has 4 N–H and O–H groups in total. The number of anilines is 1. The maximum absolute atomic E-state index is 11.9. The molecule has 1 atom stereocenters. The third-order valence-corrected chi connectivity index (χ3v) is 2.84. The number of carbonyl (C=O) groups is 1. The predicted octanol–water partition coefficient (Wildman–Crippen LogP) is 1.53. The van der Waals surface area contributed by atoms with Gasteiger partial charge in [0.15, 0.2) is 0 Å². The minimum Gasteiger partial charge on any atom is -0.396 e. The van der Waals surface area contributed by atoms with Gasteiger partial charge in [-0.1, -0.05) is 32.9 Å². The Balaban J connectivity index is 2.65. The molecular weight excluding hydrogens is 228 g/mol. The molecule has 0 saturated carbocycles. The summed E-state index contributed by atoms with van der Waals surface area (Å²) in [5, 5.41) is 11.6. The molecule has 4 heteroatoms. The monoisotopic (exact) mass is 250 g/mol. The maximum Gasteiger partial charge on any atom is 0.241 e. The lowest BCUT2D eigenvalue weighted by molar-refractivity contribution is -0.119. The van der Waals surface area contributed by atoms with Gasteiger partial charge in [-0.05, 0) is 29.5 Å². The fourth-order valence-corrected chi connectivity index (χ4v) is 1.50. The van der Waals surface area contributed by atoms with Gasteiger partial charge in [-0.3, -0.25) is 4.79 Å². The van der Waals surface area contributed by atoms with Gasteiger partial charge in [0, 0.05) is 12.3 Å². The number of aliphatic hydroxyl groups is 1. The highest BCUT2D eigenvalue weighted by Gasteiger charge is 2.27. The van der Waals surface area contributed by atoms with Gasteiger partial charge in [0.2, 0.25) is 5.91 Å². The van der Waals surface area contributed by atoms with Crippen LogP contribution in [0.15, 0.2) is 24.3 Å². The molecule has 0 aliphatic heterocycles. The van der Waals surface area contributed by atoms with E-state index in [1.807, 2.05) is 45.0 Å². The van der Waals surface area contributed by atoms with Gasteiger partial charge in [-0.25, -0.2) is 0 Å². The zero-order chi connectivity index (χ0) is 13.8. The van der Waals surface area contributed by atoms with Crippen molar-refractivity contribution < 1.29 is 9.90 Å². The Morgan fingerprint density at radius 2 is 1.89 bits per heavy atom. The molecule has 1 aromatic rings. The van der Waals surface area contributed by atoms with E-state index in [0.717, 1.165) is 11.3 Å². The normalized spacial score (nSPS) is 13.2. The Morgan fingerprint density at radius 1 is 1.33 bits per heavy atom. The first-order valence-electron chi connectivity index (χ1n) is 6.11. The van der Waals surface area contributed by atoms with Gasteiger partial charge in [0.05, 0.1) is 6.04 Å². The van der Waals surface area contributed by atoms with Crippen molar-refractivity contribution in [1.29, 1.82) is 0 Å². The van der Waals surface area contributed by atoms with E-state index in [9.17, 15) is 4.79 Å². The van der Waals surface area contributed by atoms with Crippen molar-refractivity contribution in [2.75, 3.05) is 11.9 Å². The van der Waals surface area contributed by atoms with Gasteiger partial charge < -0.3 is 16.2 Å². The van der Waals surface area contributed by atoms with Crippen LogP contribution in [0.5, 0.6) is 0 Å². The summed E-state index contributed by atoms with van der Waals surface area (Å²) in [6.45, 7) is 5.92. The number of rotatable bonds is 4. The predicted molar refractivity (Wildman–Crippen MR) is 73.3 cm³/mol. The highest BCUT2D eigenvalue weighted by molar-refractivity contribution is 5.95. The van der Waals surface area contributed by atoms with Gasteiger partial charge >= 0.3 is 0 Å². The van der Waals surface area contributed by atoms with E-state index in [1.54, 1.807) is 0 Å². The van der Waals surface area contributed by atoms with E-state index >= 15 is 0 Å². The first kappa shape index (κ1) is 14.7. The summed E-state index contributed by atoms with van der Waals surface area (Å²) in [4.78, 5) is 11.9. The number of hydrogen-bond acceptors (Lipinski definition) is 3. The average molecular weight is 250 g/mol. The van der Waals surface area contributed by atoms with Crippen LogP contribution in [0.2, 0.25) is 0 Å². The number of nitrogens with two attached hydrogens (primary N) is 1. The molecule has 1 aromatic carbocycles. The van der Waals surface area contributed by atoms with Crippen molar-refractivity contribution in [2.45, 2.75) is 33.2 Å². The molecule has 1 rings (SSSR count). The van der Waals surface area contributed by atoms with Crippen molar-refractivity contribution in [3.63, 3.8) is 0 Å². The summed E-state index contributed by atoms with van der Waals surface area (Å²) in [6, 6.07) is 6.86. The molecule has 18 heavy (non-hydrogen) atoms. The van der Waals surface area contributed by atoms with Gasteiger partial charge in [-0.2, -0.15) is 0 Å². The lowest BCUT2D eigenvalue weighted by Gasteiger charge is -2.25. The number of aliphatic hydroxyl groups excluding tert-OH is 1. The summed E-state index contributed by atoms with van der Waals surface area (Å²) in [7, 11) is 0. The molecule has 0 heterocycles. The zero-order valence-electron chi connectivity index (χ0n) is 11.2. The van der Waals surface area contributed by atoms with Crippen LogP contribution in [0.1, 0.15) is 26.3 Å². The fourth-order valence-electron chi connectivity index (χ4n) is 1.50. The summed E-state index contributed by atoms with van der Waals surface area (Å²) in [5.41, 5.74) is 7.37. The van der Waals surface area contributed by atoms with E-state index < -0.39 is 6.04 Å². The second-order valence-electron chi connectivity index (χ2n) is 5.50. The topological polar surface area (TPSA) is 75.4 Å². The average Bonchev–Trinajstić information content (AvgIpc) is 2.30. The Labute approximate surface area is 108 Å². The van der Waals surface area contributed by atoms with Crippen molar-refractivity contribution in [1.82, 2.24) is 0 Å².